The predicted octanol–water partition coefficient (Wildman–Crippen LogP) is 3.44. The quantitative estimate of drug-likeness (QED) is 0.318. The topological polar surface area (TPSA) is 95.6 Å². The number of carbonyl (C=O) groups excluding carboxylic acids is 2. The number of esters is 1. The summed E-state index contributed by atoms with van der Waals surface area (Å²) in [5, 5.41) is 9.79. The summed E-state index contributed by atoms with van der Waals surface area (Å²) < 4.78 is 7.36. The molecule has 0 N–H and O–H groups in total. The first-order valence-electron chi connectivity index (χ1n) is 11.6. The van der Waals surface area contributed by atoms with Crippen LogP contribution in [0.4, 0.5) is 5.82 Å². The van der Waals surface area contributed by atoms with E-state index < -0.39 is 0 Å². The lowest BCUT2D eigenvalue weighted by Gasteiger charge is -2.36. The Morgan fingerprint density at radius 2 is 2.09 bits per heavy atom. The van der Waals surface area contributed by atoms with Gasteiger partial charge in [0, 0.05) is 32.2 Å². The molecule has 0 bridgehead atoms. The Bertz CT molecular complexity index is 1140. The highest BCUT2D eigenvalue weighted by atomic mass is 32.2. The van der Waals surface area contributed by atoms with Crippen LogP contribution in [0.25, 0.3) is 6.08 Å². The van der Waals surface area contributed by atoms with E-state index in [-0.39, 0.29) is 28.9 Å². The first-order valence-corrected chi connectivity index (χ1v) is 12.8. The second-order valence-corrected chi connectivity index (χ2v) is 10.1. The molecule has 1 aromatic heterocycles. The predicted molar refractivity (Wildman–Crippen MR) is 138 cm³/mol. The Kier molecular flexibility index (Phi) is 8.55. The minimum atomic E-state index is -0.345. The number of anilines is 1. The molecule has 0 saturated carbocycles. The summed E-state index contributed by atoms with van der Waals surface area (Å²) in [5.74, 6) is -0.118. The van der Waals surface area contributed by atoms with Crippen molar-refractivity contribution in [1.82, 2.24) is 9.47 Å². The lowest BCUT2D eigenvalue weighted by molar-refractivity contribution is -0.148. The molecule has 2 saturated heterocycles. The second kappa shape index (κ2) is 11.2. The zero-order valence-electron chi connectivity index (χ0n) is 20.0. The fourth-order valence-electron chi connectivity index (χ4n) is 4.31. The number of hydrogen-bond donors (Lipinski definition) is 0. The van der Waals surface area contributed by atoms with Crippen LogP contribution in [0.5, 0.6) is 0 Å². The molecule has 0 aromatic carbocycles. The number of aromatic nitrogens is 1. The maximum atomic E-state index is 13.4. The number of hydrogen-bond acceptors (Lipinski definition) is 8. The van der Waals surface area contributed by atoms with Crippen molar-refractivity contribution in [3.63, 3.8) is 0 Å². The first kappa shape index (κ1) is 26.0. The summed E-state index contributed by atoms with van der Waals surface area (Å²) in [6.07, 6.45) is 4.85. The van der Waals surface area contributed by atoms with Crippen molar-refractivity contribution < 1.29 is 14.3 Å². The maximum Gasteiger partial charge on any atom is 0.310 e. The van der Waals surface area contributed by atoms with Gasteiger partial charge >= 0.3 is 5.97 Å². The number of pyridine rings is 1. The summed E-state index contributed by atoms with van der Waals surface area (Å²) in [7, 11) is 1.63. The third-order valence-corrected chi connectivity index (χ3v) is 7.67. The molecule has 3 rings (SSSR count). The average molecular weight is 503 g/mol. The Balaban J connectivity index is 2.22. The molecular formula is C24H30N4O4S2. The SMILES string of the molecule is CCCCn1c(N2CCCC(C(=O)OCC)C2)c(/C=C2/SC(=S)N(C)C2=O)c(C)c(C#N)c1=O. The van der Waals surface area contributed by atoms with Gasteiger partial charge in [-0.3, -0.25) is 23.9 Å². The van der Waals surface area contributed by atoms with Gasteiger partial charge in [0.15, 0.2) is 0 Å². The van der Waals surface area contributed by atoms with Crippen molar-refractivity contribution in [2.45, 2.75) is 53.0 Å². The molecule has 1 unspecified atom stereocenters. The van der Waals surface area contributed by atoms with E-state index in [4.69, 9.17) is 17.0 Å². The van der Waals surface area contributed by atoms with Crippen LogP contribution in [-0.2, 0) is 20.9 Å². The molecule has 2 aliphatic heterocycles. The van der Waals surface area contributed by atoms with E-state index in [1.165, 1.54) is 16.7 Å². The summed E-state index contributed by atoms with van der Waals surface area (Å²) in [4.78, 5) is 42.5. The number of amides is 1. The number of nitriles is 1. The summed E-state index contributed by atoms with van der Waals surface area (Å²) in [6.45, 7) is 7.38. The largest absolute Gasteiger partial charge is 0.466 e. The van der Waals surface area contributed by atoms with Gasteiger partial charge in [-0.25, -0.2) is 0 Å². The van der Waals surface area contributed by atoms with Crippen molar-refractivity contribution in [1.29, 1.82) is 5.26 Å². The Morgan fingerprint density at radius 1 is 1.35 bits per heavy atom. The van der Waals surface area contributed by atoms with Crippen LogP contribution in [0, 0.1) is 24.2 Å². The van der Waals surface area contributed by atoms with E-state index in [1.807, 2.05) is 11.8 Å². The maximum absolute atomic E-state index is 13.4. The molecular weight excluding hydrogens is 472 g/mol. The number of carbonyl (C=O) groups is 2. The van der Waals surface area contributed by atoms with Gasteiger partial charge in [-0.05, 0) is 44.7 Å². The minimum absolute atomic E-state index is 0.0667. The molecule has 0 spiro atoms. The van der Waals surface area contributed by atoms with E-state index in [9.17, 15) is 19.6 Å². The molecule has 1 atom stereocenters. The van der Waals surface area contributed by atoms with Gasteiger partial charge in [-0.15, -0.1) is 0 Å². The van der Waals surface area contributed by atoms with Crippen molar-refractivity contribution in [2.24, 2.45) is 5.92 Å². The van der Waals surface area contributed by atoms with E-state index in [2.05, 4.69) is 6.07 Å². The van der Waals surface area contributed by atoms with E-state index >= 15 is 0 Å². The van der Waals surface area contributed by atoms with Gasteiger partial charge in [0.25, 0.3) is 11.5 Å². The highest BCUT2D eigenvalue weighted by Gasteiger charge is 2.33. The molecule has 1 amide bonds. The lowest BCUT2D eigenvalue weighted by atomic mass is 9.96. The van der Waals surface area contributed by atoms with Crippen molar-refractivity contribution >= 4 is 52.1 Å². The number of unbranched alkanes of at least 4 members (excludes halogenated alkanes) is 1. The Labute approximate surface area is 209 Å². The molecule has 0 aliphatic carbocycles. The highest BCUT2D eigenvalue weighted by molar-refractivity contribution is 8.26. The smallest absolute Gasteiger partial charge is 0.310 e. The number of thiocarbonyl (C=S) groups is 1. The van der Waals surface area contributed by atoms with Gasteiger partial charge in [-0.2, -0.15) is 5.26 Å². The van der Waals surface area contributed by atoms with Crippen LogP contribution in [0.15, 0.2) is 9.70 Å². The van der Waals surface area contributed by atoms with Gasteiger partial charge in [0.05, 0.1) is 17.4 Å². The third-order valence-electron chi connectivity index (χ3n) is 6.18. The van der Waals surface area contributed by atoms with Crippen molar-refractivity contribution in [3.05, 3.63) is 31.9 Å². The molecule has 182 valence electrons. The molecule has 10 heteroatoms. The van der Waals surface area contributed by atoms with Gasteiger partial charge < -0.3 is 9.64 Å². The van der Waals surface area contributed by atoms with Gasteiger partial charge in [0.2, 0.25) is 0 Å². The van der Waals surface area contributed by atoms with Crippen molar-refractivity contribution in [2.75, 3.05) is 31.6 Å². The first-order chi connectivity index (χ1) is 16.2. The fraction of sp³-hybridized carbons (Fsp3) is 0.542. The molecule has 1 aromatic rings. The summed E-state index contributed by atoms with van der Waals surface area (Å²) in [6, 6.07) is 2.07. The number of nitrogens with zero attached hydrogens (tertiary/aromatic N) is 4. The standard InChI is InChI=1S/C24H30N4O4S2/c1-5-7-11-28-20(27-10-8-9-16(14-27)23(31)32-6-2)17(15(3)18(13-25)21(28)29)12-19-22(30)26(4)24(33)34-19/h12,16H,5-11,14H2,1-4H3/b19-12+. The second-order valence-electron chi connectivity index (χ2n) is 8.44. The van der Waals surface area contributed by atoms with Crippen molar-refractivity contribution in [3.8, 4) is 6.07 Å². The van der Waals surface area contributed by atoms with Gasteiger partial charge in [-0.1, -0.05) is 37.3 Å². The average Bonchev–Trinajstić information content (AvgIpc) is 3.06. The molecule has 0 radical (unpaired) electrons. The minimum Gasteiger partial charge on any atom is -0.466 e. The zero-order valence-corrected chi connectivity index (χ0v) is 21.7. The number of piperidine rings is 1. The highest BCUT2D eigenvalue weighted by Crippen LogP contribution is 2.36. The third kappa shape index (κ3) is 5.05. The van der Waals surface area contributed by atoms with Crippen LogP contribution >= 0.6 is 24.0 Å². The number of likely N-dealkylation sites (N-methyl/N-ethyl adjacent to an activating group) is 1. The summed E-state index contributed by atoms with van der Waals surface area (Å²) >= 11 is 6.48. The van der Waals surface area contributed by atoms with Crippen LogP contribution < -0.4 is 10.5 Å². The van der Waals surface area contributed by atoms with E-state index in [0.29, 0.717) is 58.8 Å². The molecule has 2 aliphatic rings. The molecule has 34 heavy (non-hydrogen) atoms. The monoisotopic (exact) mass is 502 g/mol. The number of thioether (sulfide) groups is 1. The zero-order chi connectivity index (χ0) is 25.0. The van der Waals surface area contributed by atoms with Crippen LogP contribution in [0.1, 0.15) is 56.2 Å². The fourth-order valence-corrected chi connectivity index (χ4v) is 5.47. The Morgan fingerprint density at radius 3 is 2.68 bits per heavy atom. The number of ether oxygens (including phenoxy) is 1. The van der Waals surface area contributed by atoms with Crippen LogP contribution in [0.2, 0.25) is 0 Å². The molecule has 2 fully saturated rings. The van der Waals surface area contributed by atoms with Gasteiger partial charge in [0.1, 0.15) is 21.8 Å². The molecule has 3 heterocycles. The summed E-state index contributed by atoms with van der Waals surface area (Å²) in [5.41, 5.74) is 0.888. The number of rotatable bonds is 7. The van der Waals surface area contributed by atoms with E-state index in [1.54, 1.807) is 31.5 Å². The Hall–Kier alpha value is -2.64. The molecule has 8 nitrogen and oxygen atoms in total. The lowest BCUT2D eigenvalue weighted by Crippen LogP contribution is -2.43. The van der Waals surface area contributed by atoms with Crippen LogP contribution in [-0.4, -0.2) is 52.4 Å². The van der Waals surface area contributed by atoms with Crippen LogP contribution in [0.3, 0.4) is 0 Å². The normalized spacial score (nSPS) is 19.6. The van der Waals surface area contributed by atoms with E-state index in [0.717, 1.165) is 19.3 Å².